The summed E-state index contributed by atoms with van der Waals surface area (Å²) in [4.78, 5) is 11.4. The molecule has 0 aliphatic carbocycles. The number of allylic oxidation sites excluding steroid dienone is 2. The van der Waals surface area contributed by atoms with Gasteiger partial charge in [-0.15, -0.1) is 0 Å². The lowest BCUT2D eigenvalue weighted by Gasteiger charge is -2.06. The lowest BCUT2D eigenvalue weighted by Crippen LogP contribution is -2.06. The minimum Gasteiger partial charge on any atom is -0.402 e. The Hall–Kier alpha value is -1.78. The number of hydrogen-bond donors (Lipinski definition) is 1. The lowest BCUT2D eigenvalue weighted by molar-refractivity contribution is -0.137. The Morgan fingerprint density at radius 1 is 1.25 bits per heavy atom. The third-order valence-corrected chi connectivity index (χ3v) is 1.86. The van der Waals surface area contributed by atoms with Crippen LogP contribution in [0.5, 0.6) is 0 Å². The Labute approximate surface area is 90.6 Å². The maximum Gasteiger partial charge on any atom is 0.416 e. The van der Waals surface area contributed by atoms with Crippen LogP contribution in [0.3, 0.4) is 0 Å². The van der Waals surface area contributed by atoms with E-state index in [1.165, 1.54) is 13.0 Å². The molecule has 0 fully saturated rings. The predicted molar refractivity (Wildman–Crippen MR) is 53.7 cm³/mol. The Balaban J connectivity index is 2.96. The molecule has 0 amide bonds. The second kappa shape index (κ2) is 4.38. The fraction of sp³-hybridized carbons (Fsp3) is 0.182. The van der Waals surface area contributed by atoms with Gasteiger partial charge in [0.15, 0.2) is 5.78 Å². The van der Waals surface area contributed by atoms with Gasteiger partial charge in [0.25, 0.3) is 0 Å². The minimum absolute atomic E-state index is 0.179. The number of halogens is 3. The van der Waals surface area contributed by atoms with Gasteiger partial charge in [0, 0.05) is 17.3 Å². The topological polar surface area (TPSA) is 43.1 Å². The van der Waals surface area contributed by atoms with Gasteiger partial charge < -0.3 is 5.73 Å². The zero-order valence-corrected chi connectivity index (χ0v) is 8.51. The van der Waals surface area contributed by atoms with Gasteiger partial charge in [-0.05, 0) is 19.1 Å². The van der Waals surface area contributed by atoms with Crippen LogP contribution in [0.25, 0.3) is 0 Å². The number of rotatable bonds is 2. The van der Waals surface area contributed by atoms with E-state index >= 15 is 0 Å². The number of nitrogens with two attached hydrogens (primary N) is 1. The van der Waals surface area contributed by atoms with Gasteiger partial charge in [-0.2, -0.15) is 13.2 Å². The van der Waals surface area contributed by atoms with Crippen LogP contribution in [0.15, 0.2) is 36.0 Å². The fourth-order valence-corrected chi connectivity index (χ4v) is 1.11. The quantitative estimate of drug-likeness (QED) is 0.626. The second-order valence-corrected chi connectivity index (χ2v) is 3.33. The van der Waals surface area contributed by atoms with E-state index in [-0.39, 0.29) is 5.56 Å². The van der Waals surface area contributed by atoms with Crippen molar-refractivity contribution < 1.29 is 18.0 Å². The number of carbonyl (C=O) groups is 1. The first-order chi connectivity index (χ1) is 7.30. The molecule has 86 valence electrons. The maximum atomic E-state index is 12.2. The van der Waals surface area contributed by atoms with Crippen LogP contribution >= 0.6 is 0 Å². The molecule has 16 heavy (non-hydrogen) atoms. The Morgan fingerprint density at radius 2 is 1.75 bits per heavy atom. The molecule has 0 unspecified atom stereocenters. The van der Waals surface area contributed by atoms with Crippen molar-refractivity contribution in [3.63, 3.8) is 0 Å². The van der Waals surface area contributed by atoms with Gasteiger partial charge in [0.2, 0.25) is 0 Å². The molecule has 0 atom stereocenters. The molecular weight excluding hydrogens is 219 g/mol. The summed E-state index contributed by atoms with van der Waals surface area (Å²) in [7, 11) is 0. The van der Waals surface area contributed by atoms with E-state index in [0.717, 1.165) is 24.3 Å². The molecule has 5 heteroatoms. The van der Waals surface area contributed by atoms with Gasteiger partial charge in [0.1, 0.15) is 0 Å². The smallest absolute Gasteiger partial charge is 0.402 e. The molecular formula is C11H10F3NO. The summed E-state index contributed by atoms with van der Waals surface area (Å²) in [6, 6.07) is 4.00. The van der Waals surface area contributed by atoms with Crippen molar-refractivity contribution in [3.05, 3.63) is 47.2 Å². The highest BCUT2D eigenvalue weighted by atomic mass is 19.4. The molecule has 0 aliphatic heterocycles. The lowest BCUT2D eigenvalue weighted by atomic mass is 10.1. The van der Waals surface area contributed by atoms with Crippen molar-refractivity contribution in [1.29, 1.82) is 0 Å². The van der Waals surface area contributed by atoms with E-state index in [0.29, 0.717) is 5.70 Å². The highest BCUT2D eigenvalue weighted by Gasteiger charge is 2.30. The molecule has 2 nitrogen and oxygen atoms in total. The number of benzene rings is 1. The zero-order valence-electron chi connectivity index (χ0n) is 8.51. The van der Waals surface area contributed by atoms with Crippen LogP contribution in [-0.2, 0) is 6.18 Å². The van der Waals surface area contributed by atoms with Crippen LogP contribution in [0.2, 0.25) is 0 Å². The van der Waals surface area contributed by atoms with E-state index in [4.69, 9.17) is 5.73 Å². The summed E-state index contributed by atoms with van der Waals surface area (Å²) < 4.78 is 36.6. The Bertz CT molecular complexity index is 414. The van der Waals surface area contributed by atoms with E-state index in [1.54, 1.807) is 0 Å². The van der Waals surface area contributed by atoms with E-state index < -0.39 is 17.5 Å². The first-order valence-electron chi connectivity index (χ1n) is 4.46. The highest BCUT2D eigenvalue weighted by Crippen LogP contribution is 2.29. The van der Waals surface area contributed by atoms with Crippen LogP contribution in [-0.4, -0.2) is 5.78 Å². The minimum atomic E-state index is -4.39. The van der Waals surface area contributed by atoms with Crippen molar-refractivity contribution in [2.75, 3.05) is 0 Å². The first kappa shape index (κ1) is 12.3. The molecule has 0 radical (unpaired) electrons. The third kappa shape index (κ3) is 3.12. The summed E-state index contributed by atoms with van der Waals surface area (Å²) >= 11 is 0. The van der Waals surface area contributed by atoms with Crippen molar-refractivity contribution in [2.24, 2.45) is 5.73 Å². The van der Waals surface area contributed by atoms with Crippen LogP contribution in [0.1, 0.15) is 22.8 Å². The molecule has 1 aromatic rings. The number of alkyl halides is 3. The van der Waals surface area contributed by atoms with E-state index in [2.05, 4.69) is 0 Å². The Kier molecular flexibility index (Phi) is 3.37. The molecule has 0 spiro atoms. The normalized spacial score (nSPS) is 12.6. The standard InChI is InChI=1S/C11H10F3NO/c1-7(15)6-10(16)8-2-4-9(5-3-8)11(12,13)14/h2-6H,15H2,1H3. The average molecular weight is 229 g/mol. The van der Waals surface area contributed by atoms with Gasteiger partial charge in [0.05, 0.1) is 5.56 Å². The van der Waals surface area contributed by atoms with Crippen molar-refractivity contribution in [3.8, 4) is 0 Å². The molecule has 0 bridgehead atoms. The number of carbonyl (C=O) groups excluding carboxylic acids is 1. The summed E-state index contributed by atoms with van der Waals surface area (Å²) in [6.07, 6.45) is -3.22. The highest BCUT2D eigenvalue weighted by molar-refractivity contribution is 6.04. The zero-order chi connectivity index (χ0) is 12.3. The largest absolute Gasteiger partial charge is 0.416 e. The molecule has 1 aromatic carbocycles. The van der Waals surface area contributed by atoms with Crippen LogP contribution in [0, 0.1) is 0 Å². The monoisotopic (exact) mass is 229 g/mol. The van der Waals surface area contributed by atoms with Gasteiger partial charge in [-0.25, -0.2) is 0 Å². The van der Waals surface area contributed by atoms with Gasteiger partial charge >= 0.3 is 6.18 Å². The molecule has 2 N–H and O–H groups in total. The van der Waals surface area contributed by atoms with Crippen molar-refractivity contribution in [1.82, 2.24) is 0 Å². The molecule has 0 aliphatic rings. The molecule has 0 saturated heterocycles. The molecule has 0 heterocycles. The van der Waals surface area contributed by atoms with E-state index in [9.17, 15) is 18.0 Å². The third-order valence-electron chi connectivity index (χ3n) is 1.86. The summed E-state index contributed by atoms with van der Waals surface area (Å²) in [5.74, 6) is -0.409. The summed E-state index contributed by atoms with van der Waals surface area (Å²) in [5, 5.41) is 0. The first-order valence-corrected chi connectivity index (χ1v) is 4.46. The van der Waals surface area contributed by atoms with Crippen LogP contribution in [0.4, 0.5) is 13.2 Å². The molecule has 0 aromatic heterocycles. The van der Waals surface area contributed by atoms with E-state index in [1.807, 2.05) is 0 Å². The predicted octanol–water partition coefficient (Wildman–Crippen LogP) is 2.75. The van der Waals surface area contributed by atoms with Crippen LogP contribution < -0.4 is 5.73 Å². The van der Waals surface area contributed by atoms with Gasteiger partial charge in [-0.1, -0.05) is 12.1 Å². The SMILES string of the molecule is CC(N)=CC(=O)c1ccc(C(F)(F)F)cc1. The molecule has 1 rings (SSSR count). The number of hydrogen-bond acceptors (Lipinski definition) is 2. The summed E-state index contributed by atoms with van der Waals surface area (Å²) in [5.41, 5.74) is 5.00. The van der Waals surface area contributed by atoms with Crippen molar-refractivity contribution in [2.45, 2.75) is 13.1 Å². The molecule has 0 saturated carbocycles. The van der Waals surface area contributed by atoms with Crippen molar-refractivity contribution >= 4 is 5.78 Å². The maximum absolute atomic E-state index is 12.2. The summed E-state index contributed by atoms with van der Waals surface area (Å²) in [6.45, 7) is 1.53. The fourth-order valence-electron chi connectivity index (χ4n) is 1.11. The van der Waals surface area contributed by atoms with Gasteiger partial charge in [-0.3, -0.25) is 4.79 Å². The number of ketones is 1. The average Bonchev–Trinajstić information content (AvgIpc) is 2.15. The Morgan fingerprint density at radius 3 is 2.12 bits per heavy atom. The second-order valence-electron chi connectivity index (χ2n) is 3.33.